The van der Waals surface area contributed by atoms with Crippen LogP contribution in [0.4, 0.5) is 0 Å². The monoisotopic (exact) mass is 421 g/mol. The van der Waals surface area contributed by atoms with E-state index in [0.29, 0.717) is 36.6 Å². The van der Waals surface area contributed by atoms with Gasteiger partial charge in [-0.1, -0.05) is 17.7 Å². The number of pyridine rings is 2. The molecule has 3 heterocycles. The van der Waals surface area contributed by atoms with Crippen molar-refractivity contribution in [1.82, 2.24) is 14.9 Å². The van der Waals surface area contributed by atoms with Gasteiger partial charge in [0.2, 0.25) is 5.91 Å². The molecule has 0 N–H and O–H groups in total. The Balaban J connectivity index is 1.71. The van der Waals surface area contributed by atoms with Crippen LogP contribution < -0.4 is 0 Å². The second kappa shape index (κ2) is 8.57. The number of carbonyl (C=O) groups excluding carboxylic acids is 1. The summed E-state index contributed by atoms with van der Waals surface area (Å²) in [5.74, 6) is -0.0559. The molecule has 150 valence electrons. The lowest BCUT2D eigenvalue weighted by Gasteiger charge is -2.33. The molecule has 2 aromatic heterocycles. The molecule has 1 unspecified atom stereocenters. The number of halogens is 1. The smallest absolute Gasteiger partial charge is 0.222 e. The highest BCUT2D eigenvalue weighted by atomic mass is 35.5. The summed E-state index contributed by atoms with van der Waals surface area (Å²) in [6.07, 6.45) is 5.21. The quantitative estimate of drug-likeness (QED) is 0.740. The minimum atomic E-state index is -3.45. The van der Waals surface area contributed by atoms with Crippen molar-refractivity contribution in [3.63, 3.8) is 0 Å². The second-order valence-electron chi connectivity index (χ2n) is 7.26. The van der Waals surface area contributed by atoms with Crippen LogP contribution in [0.25, 0.3) is 0 Å². The lowest BCUT2D eigenvalue weighted by molar-refractivity contribution is -0.132. The number of hydrogen-bond donors (Lipinski definition) is 0. The van der Waals surface area contributed by atoms with E-state index in [-0.39, 0.29) is 16.7 Å². The highest BCUT2D eigenvalue weighted by Gasteiger charge is 2.29. The lowest BCUT2D eigenvalue weighted by atomic mass is 9.94. The first-order chi connectivity index (χ1) is 13.2. The number of piperidine rings is 1. The van der Waals surface area contributed by atoms with Gasteiger partial charge in [0, 0.05) is 49.3 Å². The van der Waals surface area contributed by atoms with Crippen LogP contribution in [0.5, 0.6) is 0 Å². The summed E-state index contributed by atoms with van der Waals surface area (Å²) in [4.78, 5) is 23.4. The molecule has 1 fully saturated rings. The molecule has 0 aromatic carbocycles. The maximum Gasteiger partial charge on any atom is 0.222 e. The summed E-state index contributed by atoms with van der Waals surface area (Å²) < 4.78 is 24.3. The highest BCUT2D eigenvalue weighted by Crippen LogP contribution is 2.31. The minimum Gasteiger partial charge on any atom is -0.342 e. The van der Waals surface area contributed by atoms with Gasteiger partial charge < -0.3 is 4.90 Å². The summed E-state index contributed by atoms with van der Waals surface area (Å²) in [6.45, 7) is 3.08. The van der Waals surface area contributed by atoms with Crippen LogP contribution in [0.3, 0.4) is 0 Å². The second-order valence-corrected chi connectivity index (χ2v) is 9.68. The molecule has 1 aliphatic heterocycles. The maximum absolute atomic E-state index is 12.7. The molecule has 0 aliphatic carbocycles. The number of likely N-dealkylation sites (tertiary alicyclic amines) is 1. The molecular weight excluding hydrogens is 398 g/mol. The van der Waals surface area contributed by atoms with Crippen molar-refractivity contribution in [2.24, 2.45) is 0 Å². The normalized spacial score (nSPS) is 17.5. The average Bonchev–Trinajstić information content (AvgIpc) is 2.65. The van der Waals surface area contributed by atoms with E-state index in [1.807, 2.05) is 30.0 Å². The van der Waals surface area contributed by atoms with Crippen LogP contribution in [-0.4, -0.2) is 48.5 Å². The fraction of sp³-hybridized carbons (Fsp3) is 0.450. The Morgan fingerprint density at radius 1 is 1.36 bits per heavy atom. The van der Waals surface area contributed by atoms with Crippen LogP contribution in [-0.2, 0) is 21.1 Å². The number of hydrogen-bond acceptors (Lipinski definition) is 5. The molecule has 0 saturated carbocycles. The van der Waals surface area contributed by atoms with E-state index < -0.39 is 9.84 Å². The number of amides is 1. The molecule has 6 nitrogen and oxygen atoms in total. The largest absolute Gasteiger partial charge is 0.342 e. The van der Waals surface area contributed by atoms with Crippen LogP contribution >= 0.6 is 11.6 Å². The van der Waals surface area contributed by atoms with Gasteiger partial charge in [0.05, 0.1) is 15.6 Å². The van der Waals surface area contributed by atoms with E-state index in [4.69, 9.17) is 11.6 Å². The van der Waals surface area contributed by atoms with Gasteiger partial charge in [-0.25, -0.2) is 8.42 Å². The van der Waals surface area contributed by atoms with Crippen molar-refractivity contribution in [3.8, 4) is 0 Å². The summed E-state index contributed by atoms with van der Waals surface area (Å²) in [5, 5.41) is 0.290. The topological polar surface area (TPSA) is 80.2 Å². The van der Waals surface area contributed by atoms with Crippen molar-refractivity contribution < 1.29 is 13.2 Å². The van der Waals surface area contributed by atoms with E-state index >= 15 is 0 Å². The molecule has 3 rings (SSSR count). The average molecular weight is 422 g/mol. The summed E-state index contributed by atoms with van der Waals surface area (Å²) >= 11 is 5.95. The zero-order valence-electron chi connectivity index (χ0n) is 16.1. The number of rotatable bonds is 5. The Morgan fingerprint density at radius 2 is 2.14 bits per heavy atom. The van der Waals surface area contributed by atoms with E-state index in [2.05, 4.69) is 9.97 Å². The van der Waals surface area contributed by atoms with Crippen LogP contribution in [0.1, 0.15) is 42.3 Å². The van der Waals surface area contributed by atoms with Gasteiger partial charge in [0.1, 0.15) is 0 Å². The van der Waals surface area contributed by atoms with Gasteiger partial charge in [0.25, 0.3) is 0 Å². The molecule has 1 atom stereocenters. The van der Waals surface area contributed by atoms with Gasteiger partial charge in [-0.05, 0) is 44.4 Å². The number of carbonyl (C=O) groups is 1. The Bertz CT molecular complexity index is 978. The standard InChI is InChI=1S/C20H24ClN3O3S/c1-14-5-3-7-17(23-14)8-9-19(25)24-10-4-6-15(13-24)20-18(28(2,26)27)11-16(21)12-22-20/h3,5,7,11-12,15H,4,6,8-10,13H2,1-2H3. The summed E-state index contributed by atoms with van der Waals surface area (Å²) in [6, 6.07) is 7.25. The van der Waals surface area contributed by atoms with Gasteiger partial charge in [-0.2, -0.15) is 0 Å². The van der Waals surface area contributed by atoms with Crippen molar-refractivity contribution in [1.29, 1.82) is 0 Å². The molecular formula is C20H24ClN3O3S. The molecule has 1 saturated heterocycles. The van der Waals surface area contributed by atoms with Crippen molar-refractivity contribution in [2.45, 2.75) is 43.4 Å². The molecule has 1 aliphatic rings. The van der Waals surface area contributed by atoms with Gasteiger partial charge >= 0.3 is 0 Å². The molecule has 0 radical (unpaired) electrons. The molecule has 0 bridgehead atoms. The molecule has 2 aromatic rings. The third-order valence-corrected chi connectivity index (χ3v) is 6.28. The summed E-state index contributed by atoms with van der Waals surface area (Å²) in [7, 11) is -3.45. The van der Waals surface area contributed by atoms with E-state index in [9.17, 15) is 13.2 Å². The SMILES string of the molecule is Cc1cccc(CCC(=O)N2CCCC(c3ncc(Cl)cc3S(C)(=O)=O)C2)n1. The van der Waals surface area contributed by atoms with Crippen molar-refractivity contribution in [2.75, 3.05) is 19.3 Å². The zero-order chi connectivity index (χ0) is 20.3. The van der Waals surface area contributed by atoms with Gasteiger partial charge in [0.15, 0.2) is 9.84 Å². The molecule has 8 heteroatoms. The Labute approximate surface area is 170 Å². The van der Waals surface area contributed by atoms with E-state index in [0.717, 1.165) is 30.5 Å². The van der Waals surface area contributed by atoms with Crippen LogP contribution in [0.2, 0.25) is 5.02 Å². The predicted octanol–water partition coefficient (Wildman–Crippen LogP) is 3.18. The molecule has 28 heavy (non-hydrogen) atoms. The van der Waals surface area contributed by atoms with Crippen LogP contribution in [0, 0.1) is 6.92 Å². The van der Waals surface area contributed by atoms with Gasteiger partial charge in [-0.15, -0.1) is 0 Å². The Morgan fingerprint density at radius 3 is 2.86 bits per heavy atom. The van der Waals surface area contributed by atoms with E-state index in [1.165, 1.54) is 12.3 Å². The third-order valence-electron chi connectivity index (χ3n) is 4.95. The number of sulfone groups is 1. The Hall–Kier alpha value is -1.99. The first-order valence-electron chi connectivity index (χ1n) is 9.30. The number of aromatic nitrogens is 2. The molecule has 0 spiro atoms. The predicted molar refractivity (Wildman–Crippen MR) is 108 cm³/mol. The minimum absolute atomic E-state index is 0.0582. The maximum atomic E-state index is 12.7. The number of nitrogens with zero attached hydrogens (tertiary/aromatic N) is 3. The number of aryl methyl sites for hydroxylation is 2. The van der Waals surface area contributed by atoms with Crippen LogP contribution in [0.15, 0.2) is 35.4 Å². The first-order valence-corrected chi connectivity index (χ1v) is 11.6. The van der Waals surface area contributed by atoms with Gasteiger partial charge in [-0.3, -0.25) is 14.8 Å². The third kappa shape index (κ3) is 5.08. The van der Waals surface area contributed by atoms with Crippen molar-refractivity contribution in [3.05, 3.63) is 52.6 Å². The fourth-order valence-electron chi connectivity index (χ4n) is 3.59. The van der Waals surface area contributed by atoms with Crippen molar-refractivity contribution >= 4 is 27.3 Å². The Kier molecular flexibility index (Phi) is 6.35. The van der Waals surface area contributed by atoms with E-state index in [1.54, 1.807) is 0 Å². The highest BCUT2D eigenvalue weighted by molar-refractivity contribution is 7.90. The first kappa shape index (κ1) is 20.7. The zero-order valence-corrected chi connectivity index (χ0v) is 17.6. The fourth-order valence-corrected chi connectivity index (χ4v) is 4.76. The molecule has 1 amide bonds. The summed E-state index contributed by atoms with van der Waals surface area (Å²) in [5.41, 5.74) is 2.34. The lowest BCUT2D eigenvalue weighted by Crippen LogP contribution is -2.39.